The topological polar surface area (TPSA) is 110 Å². The molecule has 6 rings (SSSR count). The van der Waals surface area contributed by atoms with Gasteiger partial charge in [-0.1, -0.05) is 49.6 Å². The van der Waals surface area contributed by atoms with E-state index < -0.39 is 11.5 Å². The molecule has 45 heavy (non-hydrogen) atoms. The summed E-state index contributed by atoms with van der Waals surface area (Å²) in [5, 5.41) is 15.9. The second kappa shape index (κ2) is 12.6. The summed E-state index contributed by atoms with van der Waals surface area (Å²) in [7, 11) is 0. The number of aliphatic carboxylic acids is 1. The van der Waals surface area contributed by atoms with Crippen molar-refractivity contribution in [1.82, 2.24) is 9.88 Å². The number of benzene rings is 3. The molecule has 1 saturated carbocycles. The van der Waals surface area contributed by atoms with Gasteiger partial charge in [-0.15, -0.1) is 0 Å². The van der Waals surface area contributed by atoms with Crippen molar-refractivity contribution in [3.8, 4) is 17.0 Å². The molecule has 0 atom stereocenters. The Morgan fingerprint density at radius 2 is 1.76 bits per heavy atom. The lowest BCUT2D eigenvalue weighted by Gasteiger charge is -2.26. The van der Waals surface area contributed by atoms with Crippen molar-refractivity contribution in [1.29, 1.82) is 0 Å². The van der Waals surface area contributed by atoms with Gasteiger partial charge in [0.15, 0.2) is 0 Å². The minimum atomic E-state index is -1.02. The third-order valence-electron chi connectivity index (χ3n) is 8.76. The lowest BCUT2D eigenvalue weighted by atomic mass is 9.81. The molecule has 0 spiro atoms. The average Bonchev–Trinajstić information content (AvgIpc) is 3.21. The quantitative estimate of drug-likeness (QED) is 0.182. The van der Waals surface area contributed by atoms with Crippen LogP contribution in [-0.4, -0.2) is 39.6 Å². The van der Waals surface area contributed by atoms with Gasteiger partial charge in [0.25, 0.3) is 5.91 Å². The van der Waals surface area contributed by atoms with E-state index >= 15 is 0 Å². The molecule has 1 aliphatic carbocycles. The molecule has 0 saturated heterocycles. The number of anilines is 1. The van der Waals surface area contributed by atoms with Gasteiger partial charge in [-0.05, 0) is 86.2 Å². The molecule has 2 aliphatic rings. The normalized spacial score (nSPS) is 15.2. The zero-order valence-corrected chi connectivity index (χ0v) is 25.8. The van der Waals surface area contributed by atoms with Crippen LogP contribution in [0, 0.1) is 0 Å². The van der Waals surface area contributed by atoms with E-state index in [0.717, 1.165) is 22.9 Å². The van der Waals surface area contributed by atoms with Crippen LogP contribution >= 0.6 is 0 Å². The van der Waals surface area contributed by atoms with Gasteiger partial charge in [0.2, 0.25) is 5.91 Å². The fourth-order valence-corrected chi connectivity index (χ4v) is 6.76. The van der Waals surface area contributed by atoms with Crippen LogP contribution in [0.3, 0.4) is 0 Å². The number of nitrogens with zero attached hydrogens (tertiary/aromatic N) is 1. The van der Waals surface area contributed by atoms with Crippen LogP contribution in [0.1, 0.15) is 79.8 Å². The van der Waals surface area contributed by atoms with Crippen LogP contribution < -0.4 is 15.4 Å². The van der Waals surface area contributed by atoms with Gasteiger partial charge in [-0.2, -0.15) is 0 Å². The highest BCUT2D eigenvalue weighted by Gasteiger charge is 2.30. The first kappa shape index (κ1) is 30.2. The first-order valence-corrected chi connectivity index (χ1v) is 15.7. The van der Waals surface area contributed by atoms with E-state index in [9.17, 15) is 14.4 Å². The predicted molar refractivity (Wildman–Crippen MR) is 177 cm³/mol. The Labute approximate surface area is 263 Å². The highest BCUT2D eigenvalue weighted by Crippen LogP contribution is 2.47. The van der Waals surface area contributed by atoms with Crippen molar-refractivity contribution in [2.24, 2.45) is 0 Å². The predicted octanol–water partition coefficient (Wildman–Crippen LogP) is 7.38. The highest BCUT2D eigenvalue weighted by molar-refractivity contribution is 6.02. The molecular weight excluding hydrogens is 566 g/mol. The van der Waals surface area contributed by atoms with E-state index in [1.165, 1.54) is 54.8 Å². The molecule has 0 bridgehead atoms. The summed E-state index contributed by atoms with van der Waals surface area (Å²) in [6.45, 7) is 4.92. The largest absolute Gasteiger partial charge is 0.491 e. The van der Waals surface area contributed by atoms with Crippen molar-refractivity contribution in [2.45, 2.75) is 70.4 Å². The van der Waals surface area contributed by atoms with Crippen molar-refractivity contribution < 1.29 is 24.2 Å². The third-order valence-corrected chi connectivity index (χ3v) is 8.76. The number of carbonyl (C=O) groups is 3. The number of hydrogen-bond donors (Lipinski definition) is 3. The van der Waals surface area contributed by atoms with Crippen molar-refractivity contribution in [2.75, 3.05) is 11.9 Å². The Morgan fingerprint density at radius 3 is 2.51 bits per heavy atom. The Bertz CT molecular complexity index is 1780. The van der Waals surface area contributed by atoms with Crippen LogP contribution in [0.15, 0.2) is 72.8 Å². The summed E-state index contributed by atoms with van der Waals surface area (Å²) >= 11 is 0. The summed E-state index contributed by atoms with van der Waals surface area (Å²) in [6, 6.07) is 21.1. The van der Waals surface area contributed by atoms with E-state index in [0.29, 0.717) is 35.9 Å². The fourth-order valence-electron chi connectivity index (χ4n) is 6.76. The Hall–Kier alpha value is -4.85. The molecular formula is C37H39N3O5. The molecule has 4 aromatic rings. The smallest absolute Gasteiger partial charge is 0.328 e. The summed E-state index contributed by atoms with van der Waals surface area (Å²) in [6.07, 6.45) is 8.69. The minimum absolute atomic E-state index is 0.0716. The summed E-state index contributed by atoms with van der Waals surface area (Å²) < 4.78 is 8.50. The molecule has 0 radical (unpaired) electrons. The molecule has 232 valence electrons. The maximum atomic E-state index is 13.6. The van der Waals surface area contributed by atoms with Crippen LogP contribution in [0.4, 0.5) is 5.69 Å². The second-order valence-corrected chi connectivity index (χ2v) is 12.7. The number of rotatable bonds is 8. The van der Waals surface area contributed by atoms with Gasteiger partial charge < -0.3 is 25.0 Å². The lowest BCUT2D eigenvalue weighted by Crippen LogP contribution is -2.45. The van der Waals surface area contributed by atoms with Crippen LogP contribution in [-0.2, 0) is 16.1 Å². The maximum Gasteiger partial charge on any atom is 0.328 e. The van der Waals surface area contributed by atoms with Gasteiger partial charge in [-0.25, -0.2) is 4.79 Å². The number of aromatic nitrogens is 1. The van der Waals surface area contributed by atoms with Crippen molar-refractivity contribution >= 4 is 40.4 Å². The lowest BCUT2D eigenvalue weighted by molar-refractivity contribution is -0.131. The summed E-state index contributed by atoms with van der Waals surface area (Å²) in [4.78, 5) is 37.2. The number of ether oxygens (including phenoxy) is 1. The Kier molecular flexibility index (Phi) is 8.48. The van der Waals surface area contributed by atoms with Gasteiger partial charge in [0.05, 0.1) is 12.2 Å². The zero-order chi connectivity index (χ0) is 31.6. The monoisotopic (exact) mass is 605 g/mol. The first-order chi connectivity index (χ1) is 21.7. The number of carboxylic acids is 1. The van der Waals surface area contributed by atoms with E-state index in [4.69, 9.17) is 9.84 Å². The standard InChI is InChI=1S/C37H39N3O5/c1-37(2,23-32(41)38-27-16-12-24(13-17-27)14-19-33(42)43)39-36(44)26-15-18-28-30(22-26)40-20-21-45-31-11-7-6-10-29(31)35(40)34(28)25-8-4-3-5-9-25/h6-7,10-19,22,25H,3-5,8-9,20-21,23H2,1-2H3,(H,38,41)(H,39,44)(H,42,43). The molecule has 1 aromatic heterocycles. The number of amides is 2. The molecule has 3 aromatic carbocycles. The Balaban J connectivity index is 1.23. The summed E-state index contributed by atoms with van der Waals surface area (Å²) in [5.74, 6) is -0.121. The number of fused-ring (bicyclic) bond motifs is 5. The molecule has 1 fully saturated rings. The van der Waals surface area contributed by atoms with Crippen LogP contribution in [0.5, 0.6) is 5.75 Å². The van der Waals surface area contributed by atoms with E-state index in [-0.39, 0.29) is 18.2 Å². The zero-order valence-electron chi connectivity index (χ0n) is 25.8. The molecule has 8 heteroatoms. The number of carbonyl (C=O) groups excluding carboxylic acids is 2. The highest BCUT2D eigenvalue weighted by atomic mass is 16.5. The van der Waals surface area contributed by atoms with Crippen LogP contribution in [0.25, 0.3) is 28.2 Å². The average molecular weight is 606 g/mol. The summed E-state index contributed by atoms with van der Waals surface area (Å²) in [5.41, 5.74) is 5.77. The number of hydrogen-bond acceptors (Lipinski definition) is 4. The molecule has 0 unspecified atom stereocenters. The maximum absolute atomic E-state index is 13.6. The Morgan fingerprint density at radius 1 is 1.00 bits per heavy atom. The third kappa shape index (κ3) is 6.65. The van der Waals surface area contributed by atoms with Gasteiger partial charge in [0, 0.05) is 45.8 Å². The molecule has 2 heterocycles. The van der Waals surface area contributed by atoms with Gasteiger partial charge in [0.1, 0.15) is 12.4 Å². The van der Waals surface area contributed by atoms with Gasteiger partial charge >= 0.3 is 5.97 Å². The van der Waals surface area contributed by atoms with Crippen molar-refractivity contribution in [3.05, 3.63) is 89.5 Å². The second-order valence-electron chi connectivity index (χ2n) is 12.7. The first-order valence-electron chi connectivity index (χ1n) is 15.7. The minimum Gasteiger partial charge on any atom is -0.491 e. The molecule has 8 nitrogen and oxygen atoms in total. The van der Waals surface area contributed by atoms with E-state index in [1.54, 1.807) is 24.3 Å². The SMILES string of the molecule is CC(C)(CC(=O)Nc1ccc(C=CC(=O)O)cc1)NC(=O)c1ccc2c(C3CCCCC3)c3n(c2c1)CCOc1ccccc1-3. The number of carboxylic acid groups (broad SMARTS) is 1. The van der Waals surface area contributed by atoms with Crippen LogP contribution in [0.2, 0.25) is 0 Å². The number of nitrogens with one attached hydrogen (secondary N) is 2. The van der Waals surface area contributed by atoms with Crippen molar-refractivity contribution in [3.63, 3.8) is 0 Å². The van der Waals surface area contributed by atoms with Gasteiger partial charge in [-0.3, -0.25) is 9.59 Å². The molecule has 3 N–H and O–H groups in total. The van der Waals surface area contributed by atoms with E-state index in [2.05, 4.69) is 33.4 Å². The molecule has 2 amide bonds. The fraction of sp³-hybridized carbons (Fsp3) is 0.324. The number of para-hydroxylation sites is 1. The molecule has 1 aliphatic heterocycles. The van der Waals surface area contributed by atoms with E-state index in [1.807, 2.05) is 38.1 Å².